The number of rotatable bonds is 4. The van der Waals surface area contributed by atoms with Gasteiger partial charge in [-0.05, 0) is 28.8 Å². The summed E-state index contributed by atoms with van der Waals surface area (Å²) in [5.74, 6) is -0.732. The lowest BCUT2D eigenvalue weighted by Gasteiger charge is -2.06. The van der Waals surface area contributed by atoms with Crippen LogP contribution >= 0.6 is 24.0 Å². The first kappa shape index (κ1) is 9.61. The summed E-state index contributed by atoms with van der Waals surface area (Å²) in [5, 5.41) is 12.6. The van der Waals surface area contributed by atoms with E-state index in [0.717, 1.165) is 5.56 Å². The zero-order chi connectivity index (χ0) is 8.97. The molecule has 0 aromatic carbocycles. The number of hydrogen-bond acceptors (Lipinski definition) is 3. The van der Waals surface area contributed by atoms with Crippen molar-refractivity contribution >= 4 is 29.9 Å². The van der Waals surface area contributed by atoms with E-state index in [1.54, 1.807) is 11.3 Å². The van der Waals surface area contributed by atoms with Crippen molar-refractivity contribution in [2.24, 2.45) is 5.92 Å². The van der Waals surface area contributed by atoms with Crippen LogP contribution in [0.4, 0.5) is 0 Å². The minimum absolute atomic E-state index is 0.358. The smallest absolute Gasteiger partial charge is 0.307 e. The van der Waals surface area contributed by atoms with Gasteiger partial charge in [-0.25, -0.2) is 0 Å². The van der Waals surface area contributed by atoms with Gasteiger partial charge in [0.15, 0.2) is 0 Å². The molecule has 0 saturated carbocycles. The quantitative estimate of drug-likeness (QED) is 0.732. The van der Waals surface area contributed by atoms with E-state index in [4.69, 9.17) is 5.11 Å². The Kier molecular flexibility index (Phi) is 3.62. The highest BCUT2D eigenvalue weighted by Gasteiger charge is 2.15. The Hall–Kier alpha value is -0.480. The number of thiol groups is 1. The lowest BCUT2D eigenvalue weighted by atomic mass is 10.0. The first-order valence-electron chi connectivity index (χ1n) is 3.58. The Morgan fingerprint density at radius 1 is 1.75 bits per heavy atom. The van der Waals surface area contributed by atoms with Crippen LogP contribution in [-0.4, -0.2) is 16.8 Å². The van der Waals surface area contributed by atoms with Crippen molar-refractivity contribution < 1.29 is 9.90 Å². The SMILES string of the molecule is O=C(O)[C@@H](CS)Cc1ccsc1. The lowest BCUT2D eigenvalue weighted by Crippen LogP contribution is -2.17. The predicted molar refractivity (Wildman–Crippen MR) is 53.0 cm³/mol. The molecule has 0 saturated heterocycles. The third-order valence-corrected chi connectivity index (χ3v) is 2.80. The molecule has 1 aromatic rings. The van der Waals surface area contributed by atoms with E-state index in [0.29, 0.717) is 12.2 Å². The molecule has 0 bridgehead atoms. The molecule has 0 amide bonds. The topological polar surface area (TPSA) is 37.3 Å². The molecule has 0 aliphatic carbocycles. The second kappa shape index (κ2) is 4.52. The first-order valence-corrected chi connectivity index (χ1v) is 5.16. The van der Waals surface area contributed by atoms with Crippen LogP contribution in [0, 0.1) is 5.92 Å². The maximum atomic E-state index is 10.6. The van der Waals surface area contributed by atoms with Crippen molar-refractivity contribution in [1.29, 1.82) is 0 Å². The van der Waals surface area contributed by atoms with Crippen LogP contribution in [0.25, 0.3) is 0 Å². The fourth-order valence-electron chi connectivity index (χ4n) is 0.923. The zero-order valence-corrected chi connectivity index (χ0v) is 8.15. The van der Waals surface area contributed by atoms with Crippen LogP contribution in [0.15, 0.2) is 16.8 Å². The molecule has 1 rings (SSSR count). The first-order chi connectivity index (χ1) is 5.74. The largest absolute Gasteiger partial charge is 0.481 e. The average molecular weight is 202 g/mol. The van der Waals surface area contributed by atoms with Gasteiger partial charge in [0.25, 0.3) is 0 Å². The predicted octanol–water partition coefficient (Wildman–Crippen LogP) is 1.92. The number of carbonyl (C=O) groups is 1. The molecule has 66 valence electrons. The lowest BCUT2D eigenvalue weighted by molar-refractivity contribution is -0.140. The van der Waals surface area contributed by atoms with Crippen LogP contribution in [0.1, 0.15) is 5.56 Å². The number of thiophene rings is 1. The Morgan fingerprint density at radius 2 is 2.50 bits per heavy atom. The van der Waals surface area contributed by atoms with Crippen LogP contribution in [-0.2, 0) is 11.2 Å². The van der Waals surface area contributed by atoms with Gasteiger partial charge in [-0.15, -0.1) is 0 Å². The molecule has 1 aromatic heterocycles. The molecule has 0 unspecified atom stereocenters. The number of carboxylic acids is 1. The molecule has 0 radical (unpaired) electrons. The molecule has 4 heteroatoms. The Labute approximate surface area is 80.6 Å². The molecule has 12 heavy (non-hydrogen) atoms. The second-order valence-electron chi connectivity index (χ2n) is 2.55. The molecule has 0 fully saturated rings. The van der Waals surface area contributed by atoms with Crippen molar-refractivity contribution in [3.8, 4) is 0 Å². The van der Waals surface area contributed by atoms with Crippen LogP contribution in [0.3, 0.4) is 0 Å². The molecular weight excluding hydrogens is 192 g/mol. The minimum Gasteiger partial charge on any atom is -0.481 e. The van der Waals surface area contributed by atoms with E-state index in [1.165, 1.54) is 0 Å². The van der Waals surface area contributed by atoms with E-state index in [2.05, 4.69) is 12.6 Å². The standard InChI is InChI=1S/C8H10O2S2/c9-8(10)7(4-11)3-6-1-2-12-5-6/h1-2,5,7,11H,3-4H2,(H,9,10)/t7-/m1/s1. The van der Waals surface area contributed by atoms with Crippen LogP contribution < -0.4 is 0 Å². The van der Waals surface area contributed by atoms with Crippen molar-refractivity contribution in [2.45, 2.75) is 6.42 Å². The summed E-state index contributed by atoms with van der Waals surface area (Å²) in [7, 11) is 0. The van der Waals surface area contributed by atoms with Gasteiger partial charge in [0, 0.05) is 5.75 Å². The Balaban J connectivity index is 2.54. The van der Waals surface area contributed by atoms with E-state index >= 15 is 0 Å². The van der Waals surface area contributed by atoms with Gasteiger partial charge in [-0.1, -0.05) is 0 Å². The van der Waals surface area contributed by atoms with Gasteiger partial charge in [0.05, 0.1) is 5.92 Å². The molecule has 1 atom stereocenters. The maximum Gasteiger partial charge on any atom is 0.307 e. The van der Waals surface area contributed by atoms with Gasteiger partial charge >= 0.3 is 5.97 Å². The third-order valence-electron chi connectivity index (χ3n) is 1.63. The average Bonchev–Trinajstić information content (AvgIpc) is 2.51. The molecule has 0 aliphatic rings. The van der Waals surface area contributed by atoms with Gasteiger partial charge in [-0.2, -0.15) is 24.0 Å². The molecule has 1 heterocycles. The summed E-state index contributed by atoms with van der Waals surface area (Å²) in [6.45, 7) is 0. The number of hydrogen-bond donors (Lipinski definition) is 2. The van der Waals surface area contributed by atoms with Gasteiger partial charge in [0.1, 0.15) is 0 Å². The summed E-state index contributed by atoms with van der Waals surface area (Å²) in [6.07, 6.45) is 0.586. The number of carboxylic acid groups (broad SMARTS) is 1. The number of aliphatic carboxylic acids is 1. The normalized spacial score (nSPS) is 12.8. The monoisotopic (exact) mass is 202 g/mol. The fourth-order valence-corrected chi connectivity index (χ4v) is 1.89. The van der Waals surface area contributed by atoms with Crippen molar-refractivity contribution in [3.05, 3.63) is 22.4 Å². The molecule has 0 spiro atoms. The van der Waals surface area contributed by atoms with E-state index < -0.39 is 5.97 Å². The van der Waals surface area contributed by atoms with Crippen LogP contribution in [0.2, 0.25) is 0 Å². The summed E-state index contributed by atoms with van der Waals surface area (Å²) < 4.78 is 0. The summed E-state index contributed by atoms with van der Waals surface area (Å²) in [5.41, 5.74) is 1.08. The second-order valence-corrected chi connectivity index (χ2v) is 3.70. The van der Waals surface area contributed by atoms with E-state index in [9.17, 15) is 4.79 Å². The maximum absolute atomic E-state index is 10.6. The van der Waals surface area contributed by atoms with Gasteiger partial charge in [-0.3, -0.25) is 4.79 Å². The summed E-state index contributed by atoms with van der Waals surface area (Å²) in [4.78, 5) is 10.6. The highest BCUT2D eigenvalue weighted by Crippen LogP contribution is 2.13. The minimum atomic E-state index is -0.767. The third kappa shape index (κ3) is 2.53. The van der Waals surface area contributed by atoms with E-state index in [1.807, 2.05) is 16.8 Å². The highest BCUT2D eigenvalue weighted by molar-refractivity contribution is 7.80. The van der Waals surface area contributed by atoms with Crippen molar-refractivity contribution in [1.82, 2.24) is 0 Å². The Morgan fingerprint density at radius 3 is 2.92 bits per heavy atom. The summed E-state index contributed by atoms with van der Waals surface area (Å²) in [6, 6.07) is 1.95. The van der Waals surface area contributed by atoms with Gasteiger partial charge in [0.2, 0.25) is 0 Å². The van der Waals surface area contributed by atoms with Crippen molar-refractivity contribution in [2.75, 3.05) is 5.75 Å². The van der Waals surface area contributed by atoms with Gasteiger partial charge < -0.3 is 5.11 Å². The zero-order valence-electron chi connectivity index (χ0n) is 6.43. The molecule has 0 aliphatic heterocycles. The molecular formula is C8H10O2S2. The fraction of sp³-hybridized carbons (Fsp3) is 0.375. The van der Waals surface area contributed by atoms with E-state index in [-0.39, 0.29) is 5.92 Å². The Bertz CT molecular complexity index is 244. The van der Waals surface area contributed by atoms with Crippen LogP contribution in [0.5, 0.6) is 0 Å². The summed E-state index contributed by atoms with van der Waals surface area (Å²) >= 11 is 5.57. The van der Waals surface area contributed by atoms with Crippen molar-refractivity contribution in [3.63, 3.8) is 0 Å². The molecule has 1 N–H and O–H groups in total. The molecule has 2 nitrogen and oxygen atoms in total. The highest BCUT2D eigenvalue weighted by atomic mass is 32.1.